The zero-order valence-corrected chi connectivity index (χ0v) is 18.1. The van der Waals surface area contributed by atoms with Crippen molar-refractivity contribution in [3.8, 4) is 0 Å². The number of nitrogens with one attached hydrogen (secondary N) is 2. The second-order valence-corrected chi connectivity index (χ2v) is 8.24. The largest absolute Gasteiger partial charge is 0.341 e. The molecule has 0 saturated carbocycles. The molecule has 166 valence electrons. The number of anilines is 1. The number of amides is 3. The van der Waals surface area contributed by atoms with Crippen molar-refractivity contribution in [2.24, 2.45) is 5.92 Å². The lowest BCUT2D eigenvalue weighted by Crippen LogP contribution is -2.46. The molecule has 0 aliphatic carbocycles. The zero-order chi connectivity index (χ0) is 22.5. The number of aromatic nitrogens is 2. The second-order valence-electron chi connectivity index (χ2n) is 8.24. The van der Waals surface area contributed by atoms with Crippen molar-refractivity contribution in [3.05, 3.63) is 70.6 Å². The Balaban J connectivity index is 1.31. The fourth-order valence-corrected chi connectivity index (χ4v) is 3.98. The van der Waals surface area contributed by atoms with Gasteiger partial charge in [-0.1, -0.05) is 35.9 Å². The standard InChI is InChI=1S/C24H27N5O3/c1-17-8-10-20(11-9-17)27-24(32)25-13-18-5-4-12-28(15-18)22(30)16-29-23(31)21-7-3-2-6-19(21)14-26-29/h2-3,6-11,14,18H,4-5,12-13,15-16H2,1H3,(H2,25,27,32). The van der Waals surface area contributed by atoms with Gasteiger partial charge in [-0.3, -0.25) is 9.59 Å². The summed E-state index contributed by atoms with van der Waals surface area (Å²) in [6.45, 7) is 3.58. The molecule has 1 saturated heterocycles. The number of fused-ring (bicyclic) bond motifs is 1. The fourth-order valence-electron chi connectivity index (χ4n) is 3.98. The molecule has 2 aromatic carbocycles. The Hall–Kier alpha value is -3.68. The summed E-state index contributed by atoms with van der Waals surface area (Å²) in [6.07, 6.45) is 3.40. The van der Waals surface area contributed by atoms with E-state index in [-0.39, 0.29) is 30.0 Å². The van der Waals surface area contributed by atoms with Gasteiger partial charge in [0, 0.05) is 30.7 Å². The normalized spacial score (nSPS) is 16.0. The maximum atomic E-state index is 12.8. The second kappa shape index (κ2) is 9.64. The van der Waals surface area contributed by atoms with E-state index in [2.05, 4.69) is 15.7 Å². The molecule has 1 aliphatic heterocycles. The van der Waals surface area contributed by atoms with E-state index < -0.39 is 0 Å². The van der Waals surface area contributed by atoms with Crippen LogP contribution in [0.5, 0.6) is 0 Å². The van der Waals surface area contributed by atoms with Crippen LogP contribution in [0.15, 0.2) is 59.5 Å². The number of carbonyl (C=O) groups is 2. The Kier molecular flexibility index (Phi) is 6.49. The first kappa shape index (κ1) is 21.5. The number of urea groups is 1. The lowest BCUT2D eigenvalue weighted by atomic mass is 9.98. The first-order valence-corrected chi connectivity index (χ1v) is 10.8. The molecule has 1 aliphatic rings. The molecule has 3 aromatic rings. The first-order chi connectivity index (χ1) is 15.5. The van der Waals surface area contributed by atoms with Gasteiger partial charge in [-0.05, 0) is 43.9 Å². The third-order valence-electron chi connectivity index (χ3n) is 5.78. The number of hydrogen-bond donors (Lipinski definition) is 2. The molecule has 8 nitrogen and oxygen atoms in total. The Morgan fingerprint density at radius 3 is 2.72 bits per heavy atom. The van der Waals surface area contributed by atoms with Crippen LogP contribution in [0.4, 0.5) is 10.5 Å². The van der Waals surface area contributed by atoms with E-state index >= 15 is 0 Å². The molecule has 0 spiro atoms. The minimum atomic E-state index is -0.264. The van der Waals surface area contributed by atoms with Gasteiger partial charge >= 0.3 is 6.03 Å². The molecule has 0 bridgehead atoms. The summed E-state index contributed by atoms with van der Waals surface area (Å²) < 4.78 is 1.22. The van der Waals surface area contributed by atoms with Crippen LogP contribution < -0.4 is 16.2 Å². The highest BCUT2D eigenvalue weighted by atomic mass is 16.2. The molecule has 0 radical (unpaired) electrons. The molecule has 32 heavy (non-hydrogen) atoms. The Bertz CT molecular complexity index is 1170. The number of piperidine rings is 1. The quantitative estimate of drug-likeness (QED) is 0.647. The number of aryl methyl sites for hydroxylation is 1. The summed E-state index contributed by atoms with van der Waals surface area (Å²) in [6, 6.07) is 14.6. The van der Waals surface area contributed by atoms with Crippen LogP contribution in [0.3, 0.4) is 0 Å². The third kappa shape index (κ3) is 5.14. The monoisotopic (exact) mass is 433 g/mol. The minimum absolute atomic E-state index is 0.0856. The van der Waals surface area contributed by atoms with E-state index in [1.54, 1.807) is 23.2 Å². The van der Waals surface area contributed by atoms with Crippen molar-refractivity contribution < 1.29 is 9.59 Å². The summed E-state index contributed by atoms with van der Waals surface area (Å²) in [5, 5.41) is 11.2. The fraction of sp³-hybridized carbons (Fsp3) is 0.333. The van der Waals surface area contributed by atoms with Gasteiger partial charge in [-0.2, -0.15) is 5.10 Å². The molecule has 1 unspecified atom stereocenters. The molecule has 8 heteroatoms. The first-order valence-electron chi connectivity index (χ1n) is 10.8. The number of benzene rings is 2. The molecular formula is C24H27N5O3. The molecular weight excluding hydrogens is 406 g/mol. The molecule has 3 amide bonds. The summed E-state index contributed by atoms with van der Waals surface area (Å²) in [7, 11) is 0. The Labute approximate surface area is 186 Å². The Morgan fingerprint density at radius 2 is 1.91 bits per heavy atom. The Morgan fingerprint density at radius 1 is 1.12 bits per heavy atom. The minimum Gasteiger partial charge on any atom is -0.341 e. The van der Waals surface area contributed by atoms with Gasteiger partial charge in [-0.25, -0.2) is 9.48 Å². The molecule has 4 rings (SSSR count). The smallest absolute Gasteiger partial charge is 0.319 e. The van der Waals surface area contributed by atoms with Crippen molar-refractivity contribution in [2.75, 3.05) is 25.0 Å². The van der Waals surface area contributed by atoms with Crippen molar-refractivity contribution >= 4 is 28.4 Å². The van der Waals surface area contributed by atoms with E-state index in [4.69, 9.17) is 0 Å². The molecule has 1 aromatic heterocycles. The van der Waals surface area contributed by atoms with Gasteiger partial charge in [0.15, 0.2) is 0 Å². The number of rotatable bonds is 5. The van der Waals surface area contributed by atoms with Gasteiger partial charge in [0.05, 0.1) is 11.6 Å². The van der Waals surface area contributed by atoms with Gasteiger partial charge in [-0.15, -0.1) is 0 Å². The predicted molar refractivity (Wildman–Crippen MR) is 124 cm³/mol. The van der Waals surface area contributed by atoms with E-state index in [0.29, 0.717) is 25.0 Å². The van der Waals surface area contributed by atoms with E-state index in [1.165, 1.54) is 4.68 Å². The van der Waals surface area contributed by atoms with Crippen LogP contribution in [0.25, 0.3) is 10.8 Å². The maximum absolute atomic E-state index is 12.8. The van der Waals surface area contributed by atoms with Crippen LogP contribution in [0.2, 0.25) is 0 Å². The van der Waals surface area contributed by atoms with Crippen LogP contribution in [-0.2, 0) is 11.3 Å². The summed E-state index contributed by atoms with van der Waals surface area (Å²) in [5.41, 5.74) is 1.60. The number of nitrogens with zero attached hydrogens (tertiary/aromatic N) is 3. The highest BCUT2D eigenvalue weighted by Gasteiger charge is 2.24. The van der Waals surface area contributed by atoms with Crippen molar-refractivity contribution in [3.63, 3.8) is 0 Å². The van der Waals surface area contributed by atoms with Crippen molar-refractivity contribution in [2.45, 2.75) is 26.3 Å². The lowest BCUT2D eigenvalue weighted by Gasteiger charge is -2.33. The molecule has 1 atom stereocenters. The van der Waals surface area contributed by atoms with Crippen LogP contribution >= 0.6 is 0 Å². The highest BCUT2D eigenvalue weighted by Crippen LogP contribution is 2.16. The van der Waals surface area contributed by atoms with Crippen molar-refractivity contribution in [1.29, 1.82) is 0 Å². The summed E-state index contributed by atoms with van der Waals surface area (Å²) >= 11 is 0. The molecule has 1 fully saturated rings. The van der Waals surface area contributed by atoms with Crippen LogP contribution in [-0.4, -0.2) is 46.3 Å². The SMILES string of the molecule is Cc1ccc(NC(=O)NCC2CCCN(C(=O)Cn3ncc4ccccc4c3=O)C2)cc1. The van der Waals surface area contributed by atoms with Gasteiger partial charge in [0.2, 0.25) is 5.91 Å². The molecule has 2 N–H and O–H groups in total. The average Bonchev–Trinajstić information content (AvgIpc) is 2.81. The van der Waals surface area contributed by atoms with E-state index in [1.807, 2.05) is 43.3 Å². The van der Waals surface area contributed by atoms with Gasteiger partial charge < -0.3 is 15.5 Å². The van der Waals surface area contributed by atoms with Gasteiger partial charge in [0.25, 0.3) is 5.56 Å². The zero-order valence-electron chi connectivity index (χ0n) is 18.1. The third-order valence-corrected chi connectivity index (χ3v) is 5.78. The number of hydrogen-bond acceptors (Lipinski definition) is 4. The summed E-state index contributed by atoms with van der Waals surface area (Å²) in [5.74, 6) is 0.0291. The van der Waals surface area contributed by atoms with Crippen molar-refractivity contribution in [1.82, 2.24) is 20.0 Å². The van der Waals surface area contributed by atoms with E-state index in [0.717, 1.165) is 29.5 Å². The predicted octanol–water partition coefficient (Wildman–Crippen LogP) is 2.77. The number of likely N-dealkylation sites (tertiary alicyclic amines) is 1. The van der Waals surface area contributed by atoms with Gasteiger partial charge in [0.1, 0.15) is 6.54 Å². The number of carbonyl (C=O) groups excluding carboxylic acids is 2. The van der Waals surface area contributed by atoms with E-state index in [9.17, 15) is 14.4 Å². The average molecular weight is 434 g/mol. The molecule has 2 heterocycles. The summed E-state index contributed by atoms with van der Waals surface area (Å²) in [4.78, 5) is 39.4. The lowest BCUT2D eigenvalue weighted by molar-refractivity contribution is -0.133. The van der Waals surface area contributed by atoms with Crippen LogP contribution in [0, 0.1) is 12.8 Å². The maximum Gasteiger partial charge on any atom is 0.319 e. The highest BCUT2D eigenvalue weighted by molar-refractivity contribution is 5.89. The van der Waals surface area contributed by atoms with Crippen LogP contribution in [0.1, 0.15) is 18.4 Å². The topological polar surface area (TPSA) is 96.3 Å².